The summed E-state index contributed by atoms with van der Waals surface area (Å²) in [5, 5.41) is 0. The summed E-state index contributed by atoms with van der Waals surface area (Å²) in [5.41, 5.74) is 5.10. The second-order valence-electron chi connectivity index (χ2n) is 7.04. The first-order valence-corrected chi connectivity index (χ1v) is 9.43. The van der Waals surface area contributed by atoms with Crippen molar-refractivity contribution in [3.8, 4) is 5.75 Å². The second kappa shape index (κ2) is 8.09. The Bertz CT molecular complexity index is 728. The van der Waals surface area contributed by atoms with Gasteiger partial charge >= 0.3 is 5.97 Å². The van der Waals surface area contributed by atoms with Gasteiger partial charge in [-0.25, -0.2) is 4.79 Å². The molecule has 1 heterocycles. The van der Waals surface area contributed by atoms with Crippen molar-refractivity contribution < 1.29 is 19.0 Å². The van der Waals surface area contributed by atoms with Crippen LogP contribution < -0.4 is 4.74 Å². The van der Waals surface area contributed by atoms with E-state index in [1.807, 2.05) is 13.0 Å². The first kappa shape index (κ1) is 18.7. The molecular weight excluding hydrogens is 328 g/mol. The highest BCUT2D eigenvalue weighted by Gasteiger charge is 2.34. The summed E-state index contributed by atoms with van der Waals surface area (Å²) in [4.78, 5) is 12.5. The third kappa shape index (κ3) is 4.01. The van der Waals surface area contributed by atoms with Crippen LogP contribution in [0.1, 0.15) is 50.7 Å². The van der Waals surface area contributed by atoms with Crippen molar-refractivity contribution in [1.29, 1.82) is 0 Å². The van der Waals surface area contributed by atoms with Crippen LogP contribution in [0.5, 0.6) is 5.75 Å². The molecule has 1 aromatic carbocycles. The fourth-order valence-corrected chi connectivity index (χ4v) is 3.48. The minimum absolute atomic E-state index is 0.142. The highest BCUT2D eigenvalue weighted by atomic mass is 16.6. The fraction of sp³-hybridized carbons (Fsp3) is 0.500. The van der Waals surface area contributed by atoms with Crippen LogP contribution in [0.25, 0.3) is 5.57 Å². The molecule has 0 radical (unpaired) electrons. The Kier molecular flexibility index (Phi) is 5.82. The molecule has 0 spiro atoms. The summed E-state index contributed by atoms with van der Waals surface area (Å²) < 4.78 is 16.8. The van der Waals surface area contributed by atoms with Gasteiger partial charge in [0.05, 0.1) is 19.8 Å². The van der Waals surface area contributed by atoms with E-state index in [0.717, 1.165) is 66.7 Å². The molecule has 140 valence electrons. The Balaban J connectivity index is 2.06. The molecule has 26 heavy (non-hydrogen) atoms. The molecule has 1 aliphatic carbocycles. The molecule has 1 unspecified atom stereocenters. The highest BCUT2D eigenvalue weighted by molar-refractivity contribution is 5.86. The van der Waals surface area contributed by atoms with E-state index in [-0.39, 0.29) is 12.1 Å². The number of carbonyl (C=O) groups is 1. The van der Waals surface area contributed by atoms with Crippen LogP contribution in [0.2, 0.25) is 0 Å². The van der Waals surface area contributed by atoms with Gasteiger partial charge in [0.15, 0.2) is 6.10 Å². The van der Waals surface area contributed by atoms with Gasteiger partial charge in [0.25, 0.3) is 0 Å². The lowest BCUT2D eigenvalue weighted by Gasteiger charge is -2.24. The molecular formula is C22H28O4. The number of carbonyl (C=O) groups excluding carboxylic acids is 1. The molecule has 4 nitrogen and oxygen atoms in total. The van der Waals surface area contributed by atoms with Gasteiger partial charge in [-0.1, -0.05) is 25.1 Å². The maximum absolute atomic E-state index is 12.5. The molecule has 0 amide bonds. The smallest absolute Gasteiger partial charge is 0.339 e. The summed E-state index contributed by atoms with van der Waals surface area (Å²) in [7, 11) is 1.41. The Morgan fingerprint density at radius 3 is 2.77 bits per heavy atom. The van der Waals surface area contributed by atoms with E-state index in [1.54, 1.807) is 0 Å². The van der Waals surface area contributed by atoms with E-state index < -0.39 is 6.10 Å². The number of allylic oxidation sites excluding steroid dienone is 1. The van der Waals surface area contributed by atoms with Gasteiger partial charge in [-0.3, -0.25) is 0 Å². The molecule has 1 atom stereocenters. The molecule has 1 aliphatic heterocycles. The molecule has 0 aromatic heterocycles. The monoisotopic (exact) mass is 356 g/mol. The second-order valence-corrected chi connectivity index (χ2v) is 7.04. The molecule has 1 aromatic rings. The zero-order valence-electron chi connectivity index (χ0n) is 16.0. The van der Waals surface area contributed by atoms with Crippen molar-refractivity contribution in [3.05, 3.63) is 47.1 Å². The van der Waals surface area contributed by atoms with Crippen molar-refractivity contribution in [2.75, 3.05) is 13.7 Å². The minimum atomic E-state index is -0.716. The molecule has 0 saturated heterocycles. The fourth-order valence-electron chi connectivity index (χ4n) is 3.48. The first-order chi connectivity index (χ1) is 12.5. The van der Waals surface area contributed by atoms with Crippen molar-refractivity contribution in [1.82, 2.24) is 0 Å². The van der Waals surface area contributed by atoms with E-state index in [4.69, 9.17) is 14.2 Å². The van der Waals surface area contributed by atoms with Crippen molar-refractivity contribution in [2.24, 2.45) is 0 Å². The zero-order valence-corrected chi connectivity index (χ0v) is 16.0. The van der Waals surface area contributed by atoms with Gasteiger partial charge in [-0.05, 0) is 73.4 Å². The summed E-state index contributed by atoms with van der Waals surface area (Å²) in [6.45, 7) is 8.94. The van der Waals surface area contributed by atoms with Gasteiger partial charge in [0.1, 0.15) is 5.75 Å². The van der Waals surface area contributed by atoms with Gasteiger partial charge < -0.3 is 14.2 Å². The number of hydrogen-bond donors (Lipinski definition) is 0. The minimum Gasteiger partial charge on any atom is -0.493 e. The summed E-state index contributed by atoms with van der Waals surface area (Å²) in [5.74, 6) is 0.605. The Morgan fingerprint density at radius 1 is 1.38 bits per heavy atom. The molecule has 0 bridgehead atoms. The summed E-state index contributed by atoms with van der Waals surface area (Å²) in [6.07, 6.45) is 4.24. The summed E-state index contributed by atoms with van der Waals surface area (Å²) >= 11 is 0. The number of hydrogen-bond acceptors (Lipinski definition) is 4. The Labute approximate surface area is 155 Å². The maximum Gasteiger partial charge on any atom is 0.339 e. The molecule has 1 fully saturated rings. The molecule has 3 rings (SSSR count). The lowest BCUT2D eigenvalue weighted by Crippen LogP contribution is -2.30. The van der Waals surface area contributed by atoms with Crippen LogP contribution in [-0.2, 0) is 20.7 Å². The Morgan fingerprint density at radius 2 is 2.15 bits per heavy atom. The van der Waals surface area contributed by atoms with Crippen LogP contribution in [-0.4, -0.2) is 31.9 Å². The number of esters is 1. The van der Waals surface area contributed by atoms with Gasteiger partial charge in [0.2, 0.25) is 0 Å². The summed E-state index contributed by atoms with van der Waals surface area (Å²) in [6, 6.07) is 6.28. The quantitative estimate of drug-likeness (QED) is 0.534. The van der Waals surface area contributed by atoms with E-state index in [0.29, 0.717) is 0 Å². The van der Waals surface area contributed by atoms with Crippen LogP contribution in [0.3, 0.4) is 0 Å². The third-order valence-corrected chi connectivity index (χ3v) is 4.93. The lowest BCUT2D eigenvalue weighted by atomic mass is 9.89. The predicted octanol–water partition coefficient (Wildman–Crippen LogP) is 4.47. The molecule has 4 heteroatoms. The lowest BCUT2D eigenvalue weighted by molar-refractivity contribution is -0.152. The van der Waals surface area contributed by atoms with E-state index in [9.17, 15) is 4.79 Å². The highest BCUT2D eigenvalue weighted by Crippen LogP contribution is 2.36. The predicted molar refractivity (Wildman–Crippen MR) is 102 cm³/mol. The van der Waals surface area contributed by atoms with E-state index in [2.05, 4.69) is 25.6 Å². The number of benzene rings is 1. The largest absolute Gasteiger partial charge is 0.493 e. The van der Waals surface area contributed by atoms with Crippen LogP contribution in [0, 0.1) is 0 Å². The van der Waals surface area contributed by atoms with Crippen molar-refractivity contribution >= 4 is 11.5 Å². The van der Waals surface area contributed by atoms with Crippen LogP contribution in [0.4, 0.5) is 0 Å². The molecule has 0 N–H and O–H groups in total. The Hall–Kier alpha value is -2.07. The van der Waals surface area contributed by atoms with Gasteiger partial charge in [-0.15, -0.1) is 0 Å². The van der Waals surface area contributed by atoms with Gasteiger partial charge in [-0.2, -0.15) is 0 Å². The zero-order chi connectivity index (χ0) is 18.7. The van der Waals surface area contributed by atoms with Gasteiger partial charge in [0, 0.05) is 0 Å². The number of ether oxygens (including phenoxy) is 3. The van der Waals surface area contributed by atoms with Crippen molar-refractivity contribution in [3.63, 3.8) is 0 Å². The normalized spacial score (nSPS) is 18.3. The SMILES string of the molecule is C=C(C)/C(=C(\CC)c1ccc2c(c1)CCCO2)C(OC1CC1)C(=O)OC. The number of fused-ring (bicyclic) bond motifs is 1. The topological polar surface area (TPSA) is 44.8 Å². The average Bonchev–Trinajstić information content (AvgIpc) is 3.47. The molecule has 1 saturated carbocycles. The number of methoxy groups -OCH3 is 1. The van der Waals surface area contributed by atoms with Crippen molar-refractivity contribution in [2.45, 2.75) is 58.2 Å². The third-order valence-electron chi connectivity index (χ3n) is 4.93. The van der Waals surface area contributed by atoms with Crippen LogP contribution in [0.15, 0.2) is 35.9 Å². The maximum atomic E-state index is 12.5. The van der Waals surface area contributed by atoms with E-state index in [1.165, 1.54) is 12.7 Å². The average molecular weight is 356 g/mol. The standard InChI is InChI=1S/C22H28O4/c1-5-18(15-8-11-19-16(13-15)7-6-12-25-19)20(14(2)3)21(22(23)24-4)26-17-9-10-17/h8,11,13,17,21H,2,5-7,9-10,12H2,1,3-4H3/b20-18-. The van der Waals surface area contributed by atoms with Crippen LogP contribution >= 0.6 is 0 Å². The molecule has 2 aliphatic rings. The number of rotatable bonds is 7. The first-order valence-electron chi connectivity index (χ1n) is 9.43. The van der Waals surface area contributed by atoms with E-state index >= 15 is 0 Å². The number of aryl methyl sites for hydroxylation is 1.